The molecule has 1 heterocycles. The van der Waals surface area contributed by atoms with Crippen LogP contribution in [0.15, 0.2) is 30.5 Å². The Morgan fingerprint density at radius 3 is 2.95 bits per heavy atom. The molecule has 0 aliphatic heterocycles. The van der Waals surface area contributed by atoms with E-state index in [9.17, 15) is 0 Å². The molecule has 1 aliphatic carbocycles. The number of nitrogens with two attached hydrogens (primary N) is 1. The molecule has 1 aromatic carbocycles. The number of nitrogen functional groups attached to an aromatic ring is 1. The molecule has 0 radical (unpaired) electrons. The molecular weight excluding hydrogens is 246 g/mol. The zero-order valence-electron chi connectivity index (χ0n) is 12.3. The fourth-order valence-electron chi connectivity index (χ4n) is 3.34. The third-order valence-corrected chi connectivity index (χ3v) is 4.39. The van der Waals surface area contributed by atoms with Crippen LogP contribution >= 0.6 is 0 Å². The zero-order valence-corrected chi connectivity index (χ0v) is 12.3. The van der Waals surface area contributed by atoms with Crippen LogP contribution in [0.5, 0.6) is 0 Å². The van der Waals surface area contributed by atoms with Gasteiger partial charge in [-0.15, -0.1) is 0 Å². The minimum absolute atomic E-state index is 0.434. The molecule has 2 aromatic rings. The summed E-state index contributed by atoms with van der Waals surface area (Å²) >= 11 is 0. The number of fused-ring (bicyclic) bond motifs is 1. The molecule has 0 saturated heterocycles. The van der Waals surface area contributed by atoms with Gasteiger partial charge in [0.05, 0.1) is 16.9 Å². The maximum atomic E-state index is 6.30. The zero-order chi connectivity index (χ0) is 14.2. The number of anilines is 2. The quantitative estimate of drug-likeness (QED) is 0.803. The summed E-state index contributed by atoms with van der Waals surface area (Å²) in [5, 5.41) is 4.68. The van der Waals surface area contributed by atoms with Gasteiger partial charge in [-0.3, -0.25) is 4.98 Å². The van der Waals surface area contributed by atoms with Crippen molar-refractivity contribution < 1.29 is 0 Å². The van der Waals surface area contributed by atoms with Crippen molar-refractivity contribution in [2.24, 2.45) is 5.41 Å². The first-order chi connectivity index (χ1) is 9.55. The van der Waals surface area contributed by atoms with E-state index in [1.807, 2.05) is 18.2 Å². The van der Waals surface area contributed by atoms with Crippen LogP contribution in [-0.4, -0.2) is 11.0 Å². The van der Waals surface area contributed by atoms with Gasteiger partial charge in [-0.2, -0.15) is 0 Å². The fraction of sp³-hybridized carbons (Fsp3) is 0.471. The lowest BCUT2D eigenvalue weighted by Crippen LogP contribution is -2.32. The van der Waals surface area contributed by atoms with Crippen LogP contribution in [-0.2, 0) is 0 Å². The first kappa shape index (κ1) is 13.2. The van der Waals surface area contributed by atoms with E-state index in [1.54, 1.807) is 6.20 Å². The Bertz CT molecular complexity index is 619. The van der Waals surface area contributed by atoms with Gasteiger partial charge in [0, 0.05) is 17.6 Å². The fourth-order valence-corrected chi connectivity index (χ4v) is 3.34. The van der Waals surface area contributed by atoms with E-state index in [0.29, 0.717) is 11.5 Å². The average molecular weight is 269 g/mol. The van der Waals surface area contributed by atoms with Crippen LogP contribution in [0.4, 0.5) is 11.4 Å². The molecule has 3 rings (SSSR count). The van der Waals surface area contributed by atoms with Gasteiger partial charge < -0.3 is 11.1 Å². The lowest BCUT2D eigenvalue weighted by molar-refractivity contribution is 0.229. The Balaban J connectivity index is 1.86. The summed E-state index contributed by atoms with van der Waals surface area (Å²) in [5.41, 5.74) is 9.56. The second kappa shape index (κ2) is 4.97. The number of nitrogens with one attached hydrogen (secondary N) is 1. The van der Waals surface area contributed by atoms with Crippen molar-refractivity contribution >= 4 is 22.3 Å². The van der Waals surface area contributed by atoms with Crippen LogP contribution < -0.4 is 11.1 Å². The summed E-state index contributed by atoms with van der Waals surface area (Å²) in [6.07, 6.45) is 6.85. The predicted octanol–water partition coefficient (Wildman–Crippen LogP) is 4.20. The number of hydrogen-bond donors (Lipinski definition) is 2. The van der Waals surface area contributed by atoms with E-state index >= 15 is 0 Å². The molecule has 0 bridgehead atoms. The highest BCUT2D eigenvalue weighted by Crippen LogP contribution is 2.37. The SMILES string of the molecule is CC1(C)CCCC(Nc2ccc3ncccc3c2N)C1. The van der Waals surface area contributed by atoms with Crippen molar-refractivity contribution in [1.29, 1.82) is 0 Å². The normalized spacial score (nSPS) is 21.8. The first-order valence-electron chi connectivity index (χ1n) is 7.45. The Labute approximate surface area is 120 Å². The van der Waals surface area contributed by atoms with Gasteiger partial charge in [0.15, 0.2) is 0 Å². The monoisotopic (exact) mass is 269 g/mol. The van der Waals surface area contributed by atoms with E-state index in [2.05, 4.69) is 30.2 Å². The van der Waals surface area contributed by atoms with E-state index in [1.165, 1.54) is 25.7 Å². The topological polar surface area (TPSA) is 50.9 Å². The summed E-state index contributed by atoms with van der Waals surface area (Å²) in [6.45, 7) is 4.71. The standard InChI is InChI=1S/C17H23N3/c1-17(2)9-3-5-12(11-17)20-15-8-7-14-13(16(15)18)6-4-10-19-14/h4,6-8,10,12,20H,3,5,9,11,18H2,1-2H3. The van der Waals surface area contributed by atoms with Crippen molar-refractivity contribution in [2.75, 3.05) is 11.1 Å². The molecule has 3 heteroatoms. The molecule has 1 unspecified atom stereocenters. The Morgan fingerprint density at radius 1 is 1.30 bits per heavy atom. The van der Waals surface area contributed by atoms with Crippen LogP contribution in [0, 0.1) is 5.41 Å². The molecule has 1 fully saturated rings. The van der Waals surface area contributed by atoms with Gasteiger partial charge in [0.2, 0.25) is 0 Å². The molecule has 20 heavy (non-hydrogen) atoms. The molecule has 1 atom stereocenters. The van der Waals surface area contributed by atoms with Crippen molar-refractivity contribution in [3.05, 3.63) is 30.5 Å². The highest BCUT2D eigenvalue weighted by atomic mass is 14.9. The van der Waals surface area contributed by atoms with Gasteiger partial charge in [-0.05, 0) is 48.9 Å². The molecule has 3 N–H and O–H groups in total. The summed E-state index contributed by atoms with van der Waals surface area (Å²) in [7, 11) is 0. The molecule has 1 saturated carbocycles. The van der Waals surface area contributed by atoms with Crippen molar-refractivity contribution in [1.82, 2.24) is 4.98 Å². The van der Waals surface area contributed by atoms with Gasteiger partial charge in [0.1, 0.15) is 0 Å². The minimum Gasteiger partial charge on any atom is -0.397 e. The van der Waals surface area contributed by atoms with Gasteiger partial charge >= 0.3 is 0 Å². The van der Waals surface area contributed by atoms with Crippen LogP contribution in [0.25, 0.3) is 10.9 Å². The van der Waals surface area contributed by atoms with E-state index in [4.69, 9.17) is 5.73 Å². The number of rotatable bonds is 2. The molecule has 1 aromatic heterocycles. The number of aromatic nitrogens is 1. The molecule has 1 aliphatic rings. The number of benzene rings is 1. The average Bonchev–Trinajstić information content (AvgIpc) is 2.41. The molecule has 106 valence electrons. The Kier molecular flexibility index (Phi) is 3.28. The van der Waals surface area contributed by atoms with E-state index in [0.717, 1.165) is 22.3 Å². The first-order valence-corrected chi connectivity index (χ1v) is 7.45. The predicted molar refractivity (Wildman–Crippen MR) is 85.8 cm³/mol. The van der Waals surface area contributed by atoms with Crippen LogP contribution in [0.3, 0.4) is 0 Å². The van der Waals surface area contributed by atoms with Crippen molar-refractivity contribution in [2.45, 2.75) is 45.6 Å². The maximum absolute atomic E-state index is 6.30. The Morgan fingerprint density at radius 2 is 2.15 bits per heavy atom. The van der Waals surface area contributed by atoms with Gasteiger partial charge in [0.25, 0.3) is 0 Å². The van der Waals surface area contributed by atoms with Crippen LogP contribution in [0.2, 0.25) is 0 Å². The van der Waals surface area contributed by atoms with E-state index < -0.39 is 0 Å². The Hall–Kier alpha value is -1.77. The molecule has 0 amide bonds. The third kappa shape index (κ3) is 2.58. The highest BCUT2D eigenvalue weighted by molar-refractivity contribution is 5.96. The number of hydrogen-bond acceptors (Lipinski definition) is 3. The van der Waals surface area contributed by atoms with E-state index in [-0.39, 0.29) is 0 Å². The largest absolute Gasteiger partial charge is 0.397 e. The van der Waals surface area contributed by atoms with Gasteiger partial charge in [-0.1, -0.05) is 20.3 Å². The van der Waals surface area contributed by atoms with Crippen LogP contribution in [0.1, 0.15) is 39.5 Å². The molecule has 3 nitrogen and oxygen atoms in total. The summed E-state index contributed by atoms with van der Waals surface area (Å²) in [4.78, 5) is 4.35. The lowest BCUT2D eigenvalue weighted by atomic mass is 9.75. The molecule has 0 spiro atoms. The van der Waals surface area contributed by atoms with Crippen molar-refractivity contribution in [3.8, 4) is 0 Å². The second-order valence-corrected chi connectivity index (χ2v) is 6.70. The smallest absolute Gasteiger partial charge is 0.0724 e. The van der Waals surface area contributed by atoms with Gasteiger partial charge in [-0.25, -0.2) is 0 Å². The number of pyridine rings is 1. The highest BCUT2D eigenvalue weighted by Gasteiger charge is 2.28. The number of nitrogens with zero attached hydrogens (tertiary/aromatic N) is 1. The third-order valence-electron chi connectivity index (χ3n) is 4.39. The van der Waals surface area contributed by atoms with Crippen molar-refractivity contribution in [3.63, 3.8) is 0 Å². The molecular formula is C17H23N3. The maximum Gasteiger partial charge on any atom is 0.0724 e. The summed E-state index contributed by atoms with van der Waals surface area (Å²) in [5.74, 6) is 0. The lowest BCUT2D eigenvalue weighted by Gasteiger charge is -2.36. The minimum atomic E-state index is 0.434. The second-order valence-electron chi connectivity index (χ2n) is 6.70. The summed E-state index contributed by atoms with van der Waals surface area (Å²) in [6, 6.07) is 8.60. The summed E-state index contributed by atoms with van der Waals surface area (Å²) < 4.78 is 0.